The van der Waals surface area contributed by atoms with E-state index in [0.29, 0.717) is 46.5 Å². The Labute approximate surface area is 257 Å². The largest absolute Gasteiger partial charge is 0.494 e. The average Bonchev–Trinajstić information content (AvgIpc) is 3.30. The number of hydrogen-bond acceptors (Lipinski definition) is 6. The third-order valence-corrected chi connectivity index (χ3v) is 7.66. The van der Waals surface area contributed by atoms with Gasteiger partial charge in [-0.3, -0.25) is 10.2 Å². The molecule has 1 aliphatic heterocycles. The number of hydrogen-bond donors (Lipinski definition) is 3. The predicted octanol–water partition coefficient (Wildman–Crippen LogP) is 6.22. The molecule has 4 rings (SSSR count). The summed E-state index contributed by atoms with van der Waals surface area (Å²) >= 11 is 3.47. The molecule has 0 fully saturated rings. The van der Waals surface area contributed by atoms with Gasteiger partial charge in [-0.1, -0.05) is 34.1 Å². The molecule has 0 aromatic heterocycles. The monoisotopic (exact) mass is 687 g/mol. The van der Waals surface area contributed by atoms with Gasteiger partial charge in [0.05, 0.1) is 17.7 Å². The highest BCUT2D eigenvalue weighted by Gasteiger charge is 2.50. The third kappa shape index (κ3) is 7.90. The Kier molecular flexibility index (Phi) is 10.3. The summed E-state index contributed by atoms with van der Waals surface area (Å²) < 4.78 is 92.0. The highest BCUT2D eigenvalue weighted by molar-refractivity contribution is 9.10. The van der Waals surface area contributed by atoms with Gasteiger partial charge in [0.1, 0.15) is 11.9 Å². The first-order chi connectivity index (χ1) is 20.7. The lowest BCUT2D eigenvalue weighted by Crippen LogP contribution is -2.55. The number of hydrazine groups is 1. The van der Waals surface area contributed by atoms with Crippen LogP contribution in [-0.4, -0.2) is 41.8 Å². The van der Waals surface area contributed by atoms with Gasteiger partial charge < -0.3 is 14.6 Å². The SMILES string of the molecule is C[C@@H]1OC(c2ccc(OCCCO)cc2)=N[C@]1(Cc1ccccc1Br)C(=O)NNCc1cc(C(F)(F)F)cc(C(F)(F)F)c1. The number of aliphatic hydroxyl groups is 1. The van der Waals surface area contributed by atoms with E-state index in [1.807, 2.05) is 0 Å². The van der Waals surface area contributed by atoms with E-state index in [0.717, 1.165) is 0 Å². The molecule has 2 atom stereocenters. The molecule has 7 nitrogen and oxygen atoms in total. The molecule has 3 aromatic carbocycles. The van der Waals surface area contributed by atoms with Gasteiger partial charge >= 0.3 is 12.4 Å². The second kappa shape index (κ2) is 13.6. The molecule has 3 N–H and O–H groups in total. The lowest BCUT2D eigenvalue weighted by molar-refractivity contribution is -0.143. The summed E-state index contributed by atoms with van der Waals surface area (Å²) in [6.45, 7) is 1.42. The van der Waals surface area contributed by atoms with E-state index in [2.05, 4.69) is 31.8 Å². The highest BCUT2D eigenvalue weighted by atomic mass is 79.9. The summed E-state index contributed by atoms with van der Waals surface area (Å²) in [6.07, 6.45) is -10.3. The fraction of sp³-hybridized carbons (Fsp3) is 0.333. The van der Waals surface area contributed by atoms with Crippen molar-refractivity contribution in [2.75, 3.05) is 13.2 Å². The van der Waals surface area contributed by atoms with Crippen LogP contribution in [0.15, 0.2) is 76.2 Å². The minimum Gasteiger partial charge on any atom is -0.494 e. The number of nitrogens with one attached hydrogen (secondary N) is 2. The third-order valence-electron chi connectivity index (χ3n) is 6.89. The van der Waals surface area contributed by atoms with Crippen molar-refractivity contribution in [3.05, 3.63) is 99.0 Å². The van der Waals surface area contributed by atoms with Gasteiger partial charge in [0.2, 0.25) is 5.90 Å². The number of nitrogens with zero attached hydrogens (tertiary/aromatic N) is 1. The molecule has 236 valence electrons. The first-order valence-electron chi connectivity index (χ1n) is 13.4. The van der Waals surface area contributed by atoms with Crippen molar-refractivity contribution >= 4 is 27.7 Å². The molecule has 0 spiro atoms. The van der Waals surface area contributed by atoms with Gasteiger partial charge in [-0.15, -0.1) is 0 Å². The number of ether oxygens (including phenoxy) is 2. The maximum atomic E-state index is 13.7. The summed E-state index contributed by atoms with van der Waals surface area (Å²) in [5.41, 5.74) is 1.31. The van der Waals surface area contributed by atoms with Crippen LogP contribution in [0.5, 0.6) is 5.75 Å². The maximum Gasteiger partial charge on any atom is 0.416 e. The van der Waals surface area contributed by atoms with E-state index >= 15 is 0 Å². The van der Waals surface area contributed by atoms with Crippen molar-refractivity contribution in [1.29, 1.82) is 0 Å². The van der Waals surface area contributed by atoms with Crippen LogP contribution in [0.3, 0.4) is 0 Å². The van der Waals surface area contributed by atoms with Crippen LogP contribution in [0.1, 0.15) is 41.2 Å². The molecule has 0 bridgehead atoms. The zero-order valence-corrected chi connectivity index (χ0v) is 24.8. The second-order valence-electron chi connectivity index (χ2n) is 10.0. The minimum atomic E-state index is -5.00. The number of aliphatic imine (C=N–C) groups is 1. The zero-order valence-electron chi connectivity index (χ0n) is 23.2. The first kappa shape index (κ1) is 33.3. The summed E-state index contributed by atoms with van der Waals surface area (Å²) in [5.74, 6) is 0.00980. The average molecular weight is 688 g/mol. The smallest absolute Gasteiger partial charge is 0.416 e. The van der Waals surface area contributed by atoms with Crippen LogP contribution >= 0.6 is 15.9 Å². The molecule has 1 amide bonds. The topological polar surface area (TPSA) is 92.2 Å². The van der Waals surface area contributed by atoms with Crippen LogP contribution in [0, 0.1) is 0 Å². The van der Waals surface area contributed by atoms with Crippen LogP contribution in [-0.2, 0) is 34.8 Å². The number of alkyl halides is 6. The number of aliphatic hydroxyl groups excluding tert-OH is 1. The summed E-state index contributed by atoms with van der Waals surface area (Å²) in [5, 5.41) is 8.93. The van der Waals surface area contributed by atoms with Crippen molar-refractivity contribution in [1.82, 2.24) is 10.9 Å². The zero-order chi connectivity index (χ0) is 32.1. The quantitative estimate of drug-likeness (QED) is 0.127. The molecule has 0 saturated heterocycles. The number of carbonyl (C=O) groups excluding carboxylic acids is 1. The number of rotatable bonds is 11. The molecule has 0 saturated carbocycles. The van der Waals surface area contributed by atoms with Crippen LogP contribution < -0.4 is 15.6 Å². The molecular weight excluding hydrogens is 660 g/mol. The van der Waals surface area contributed by atoms with Crippen LogP contribution in [0.4, 0.5) is 26.3 Å². The Balaban J connectivity index is 1.59. The van der Waals surface area contributed by atoms with E-state index in [9.17, 15) is 31.1 Å². The van der Waals surface area contributed by atoms with Gasteiger partial charge in [-0.25, -0.2) is 10.4 Å². The summed E-state index contributed by atoms with van der Waals surface area (Å²) in [6, 6.07) is 15.1. The molecule has 3 aromatic rings. The van der Waals surface area contributed by atoms with E-state index in [4.69, 9.17) is 14.6 Å². The molecule has 44 heavy (non-hydrogen) atoms. The Bertz CT molecular complexity index is 1470. The van der Waals surface area contributed by atoms with Gasteiger partial charge in [0.15, 0.2) is 5.54 Å². The Hall–Kier alpha value is -3.62. The summed E-state index contributed by atoms with van der Waals surface area (Å²) in [7, 11) is 0. The normalized spacial score (nSPS) is 18.5. The summed E-state index contributed by atoms with van der Waals surface area (Å²) in [4.78, 5) is 18.4. The lowest BCUT2D eigenvalue weighted by atomic mass is 9.86. The van der Waals surface area contributed by atoms with E-state index in [1.54, 1.807) is 55.5 Å². The number of carbonyl (C=O) groups is 1. The maximum absolute atomic E-state index is 13.7. The van der Waals surface area contributed by atoms with E-state index in [-0.39, 0.29) is 30.6 Å². The molecule has 14 heteroatoms. The predicted molar refractivity (Wildman–Crippen MR) is 153 cm³/mol. The van der Waals surface area contributed by atoms with E-state index in [1.165, 1.54) is 0 Å². The molecule has 0 radical (unpaired) electrons. The highest BCUT2D eigenvalue weighted by Crippen LogP contribution is 2.37. The Morgan fingerprint density at radius 1 is 1.02 bits per heavy atom. The van der Waals surface area contributed by atoms with Crippen molar-refractivity contribution in [3.8, 4) is 5.75 Å². The molecule has 0 aliphatic carbocycles. The fourth-order valence-electron chi connectivity index (χ4n) is 4.53. The van der Waals surface area contributed by atoms with Crippen LogP contribution in [0.25, 0.3) is 0 Å². The van der Waals surface area contributed by atoms with Crippen molar-refractivity contribution in [2.45, 2.75) is 50.3 Å². The number of amides is 1. The Morgan fingerprint density at radius 2 is 1.66 bits per heavy atom. The standard InChI is InChI=1S/C30H28BrF6N3O4/c1-18-28(16-21-5-2-3-6-25(21)31,39-26(44-18)20-7-9-24(10-8-20)43-12-4-11-41)27(42)40-38-17-19-13-22(29(32,33)34)15-23(14-19)30(35,36)37/h2-3,5-10,13-15,18,38,41H,4,11-12,16-17H2,1H3,(H,40,42)/t18-,28-/m0/s1. The van der Waals surface area contributed by atoms with Crippen molar-refractivity contribution < 1.29 is 45.7 Å². The molecular formula is C30H28BrF6N3O4. The molecule has 0 unspecified atom stereocenters. The minimum absolute atomic E-state index is 0.00824. The molecule has 1 aliphatic rings. The second-order valence-corrected chi connectivity index (χ2v) is 10.9. The molecule has 1 heterocycles. The lowest BCUT2D eigenvalue weighted by Gasteiger charge is -2.28. The fourth-order valence-corrected chi connectivity index (χ4v) is 4.96. The van der Waals surface area contributed by atoms with Gasteiger partial charge in [-0.05, 0) is 66.6 Å². The van der Waals surface area contributed by atoms with Gasteiger partial charge in [0.25, 0.3) is 5.91 Å². The number of benzene rings is 3. The van der Waals surface area contributed by atoms with Crippen molar-refractivity contribution in [2.24, 2.45) is 4.99 Å². The van der Waals surface area contributed by atoms with Crippen LogP contribution in [0.2, 0.25) is 0 Å². The van der Waals surface area contributed by atoms with Gasteiger partial charge in [0, 0.05) is 36.0 Å². The van der Waals surface area contributed by atoms with Crippen molar-refractivity contribution in [3.63, 3.8) is 0 Å². The number of halogens is 7. The Morgan fingerprint density at radius 3 is 2.25 bits per heavy atom. The van der Waals surface area contributed by atoms with Gasteiger partial charge in [-0.2, -0.15) is 26.3 Å². The first-order valence-corrected chi connectivity index (χ1v) is 14.2. The van der Waals surface area contributed by atoms with E-state index < -0.39 is 47.6 Å².